The maximum absolute atomic E-state index is 13.2. The van der Waals surface area contributed by atoms with Crippen molar-refractivity contribution in [2.45, 2.75) is 18.2 Å². The van der Waals surface area contributed by atoms with Gasteiger partial charge in [-0.15, -0.1) is 0 Å². The quantitative estimate of drug-likeness (QED) is 0.262. The summed E-state index contributed by atoms with van der Waals surface area (Å²) < 4.78 is 34.8. The lowest BCUT2D eigenvalue weighted by atomic mass is 10.1. The molecule has 0 fully saturated rings. The number of carboxylic acids is 1. The Hall–Kier alpha value is -2.98. The van der Waals surface area contributed by atoms with Crippen LogP contribution in [0, 0.1) is 6.92 Å². The van der Waals surface area contributed by atoms with E-state index in [9.17, 15) is 13.2 Å². The number of hydrogen-bond acceptors (Lipinski definition) is 5. The number of imidazole rings is 1. The van der Waals surface area contributed by atoms with Gasteiger partial charge in [0.25, 0.3) is 10.0 Å². The molecule has 4 aromatic rings. The molecule has 0 aliphatic carbocycles. The van der Waals surface area contributed by atoms with Crippen LogP contribution in [-0.2, 0) is 21.2 Å². The maximum atomic E-state index is 13.2. The van der Waals surface area contributed by atoms with Gasteiger partial charge in [0, 0.05) is 5.02 Å². The molecule has 0 spiro atoms. The molecule has 176 valence electrons. The number of anilines is 1. The van der Waals surface area contributed by atoms with Gasteiger partial charge in [-0.1, -0.05) is 40.9 Å². The van der Waals surface area contributed by atoms with Gasteiger partial charge in [0.05, 0.1) is 22.0 Å². The number of aryl methyl sites for hydroxylation is 1. The highest BCUT2D eigenvalue weighted by Gasteiger charge is 2.23. The highest BCUT2D eigenvalue weighted by Crippen LogP contribution is 2.39. The monoisotopic (exact) mass is 539 g/mol. The third-order valence-corrected chi connectivity index (χ3v) is 7.09. The number of carboxylic acid groups (broad SMARTS) is 1. The van der Waals surface area contributed by atoms with Gasteiger partial charge in [0.15, 0.2) is 5.75 Å². The summed E-state index contributed by atoms with van der Waals surface area (Å²) in [6.07, 6.45) is -0.203. The standard InChI is InChI=1S/C22H16Cl3N3O5S/c1-11-26-16-4-6-18(33-17-5-2-12(8-14(17)24)9-20(29)30)22(21(16)27-11)28-34(31,32)19-7-3-13(23)10-15(19)25/h2-8,10,28H,9H2,1H3,(H,26,27)(H,29,30). The minimum atomic E-state index is -4.16. The Labute approximate surface area is 209 Å². The molecular formula is C22H16Cl3N3O5S. The van der Waals surface area contributed by atoms with Gasteiger partial charge < -0.3 is 14.8 Å². The van der Waals surface area contributed by atoms with E-state index in [1.165, 1.54) is 30.3 Å². The Kier molecular flexibility index (Phi) is 6.64. The lowest BCUT2D eigenvalue weighted by Crippen LogP contribution is -2.14. The van der Waals surface area contributed by atoms with Crippen molar-refractivity contribution in [2.24, 2.45) is 0 Å². The summed E-state index contributed by atoms with van der Waals surface area (Å²) in [6.45, 7) is 1.73. The van der Waals surface area contributed by atoms with Crippen molar-refractivity contribution >= 4 is 67.5 Å². The van der Waals surface area contributed by atoms with Crippen LogP contribution in [0.5, 0.6) is 11.5 Å². The molecule has 0 amide bonds. The van der Waals surface area contributed by atoms with Crippen molar-refractivity contribution < 1.29 is 23.1 Å². The molecule has 0 bridgehead atoms. The van der Waals surface area contributed by atoms with Gasteiger partial charge in [0.1, 0.15) is 27.7 Å². The summed E-state index contributed by atoms with van der Waals surface area (Å²) in [7, 11) is -4.16. The van der Waals surface area contributed by atoms with Crippen LogP contribution in [0.1, 0.15) is 11.4 Å². The number of rotatable bonds is 7. The molecule has 0 aliphatic heterocycles. The van der Waals surface area contributed by atoms with Crippen molar-refractivity contribution in [3.8, 4) is 11.5 Å². The number of aromatic nitrogens is 2. The topological polar surface area (TPSA) is 121 Å². The van der Waals surface area contributed by atoms with Crippen molar-refractivity contribution in [3.63, 3.8) is 0 Å². The number of fused-ring (bicyclic) bond motifs is 1. The molecular weight excluding hydrogens is 525 g/mol. The Morgan fingerprint density at radius 1 is 1.06 bits per heavy atom. The molecule has 0 aliphatic rings. The number of sulfonamides is 1. The molecule has 4 rings (SSSR count). The number of nitrogens with one attached hydrogen (secondary N) is 2. The van der Waals surface area contributed by atoms with E-state index in [1.54, 1.807) is 25.1 Å². The van der Waals surface area contributed by atoms with E-state index in [2.05, 4.69) is 14.7 Å². The van der Waals surface area contributed by atoms with Gasteiger partial charge in [-0.3, -0.25) is 9.52 Å². The fourth-order valence-electron chi connectivity index (χ4n) is 3.28. The number of halogens is 3. The van der Waals surface area contributed by atoms with Gasteiger partial charge in [-0.25, -0.2) is 13.4 Å². The molecule has 0 saturated carbocycles. The predicted molar refractivity (Wildman–Crippen MR) is 131 cm³/mol. The summed E-state index contributed by atoms with van der Waals surface area (Å²) >= 11 is 18.3. The average molecular weight is 541 g/mol. The molecule has 0 saturated heterocycles. The van der Waals surface area contributed by atoms with Crippen molar-refractivity contribution in [2.75, 3.05) is 4.72 Å². The second-order valence-electron chi connectivity index (χ2n) is 7.27. The van der Waals surface area contributed by atoms with E-state index in [-0.39, 0.29) is 38.5 Å². The first kappa shape index (κ1) is 24.2. The van der Waals surface area contributed by atoms with E-state index in [0.29, 0.717) is 27.4 Å². The maximum Gasteiger partial charge on any atom is 0.307 e. The second kappa shape index (κ2) is 9.34. The largest absolute Gasteiger partial charge is 0.481 e. The summed E-state index contributed by atoms with van der Waals surface area (Å²) in [5, 5.41) is 9.37. The van der Waals surface area contributed by atoms with Gasteiger partial charge in [-0.2, -0.15) is 0 Å². The van der Waals surface area contributed by atoms with Crippen molar-refractivity contribution in [1.82, 2.24) is 9.97 Å². The van der Waals surface area contributed by atoms with Gasteiger partial charge in [-0.05, 0) is 55.0 Å². The Bertz CT molecular complexity index is 1540. The van der Waals surface area contributed by atoms with Crippen LogP contribution >= 0.6 is 34.8 Å². The molecule has 12 heteroatoms. The molecule has 3 aromatic carbocycles. The fourth-order valence-corrected chi connectivity index (χ4v) is 5.37. The van der Waals surface area contributed by atoms with Crippen molar-refractivity contribution in [1.29, 1.82) is 0 Å². The Balaban J connectivity index is 1.78. The highest BCUT2D eigenvalue weighted by molar-refractivity contribution is 7.92. The Morgan fingerprint density at radius 2 is 1.79 bits per heavy atom. The third-order valence-electron chi connectivity index (χ3n) is 4.73. The number of H-pyrrole nitrogens is 1. The predicted octanol–water partition coefficient (Wildman–Crippen LogP) is 6.05. The zero-order chi connectivity index (χ0) is 24.6. The first-order valence-corrected chi connectivity index (χ1v) is 12.3. The van der Waals surface area contributed by atoms with Crippen LogP contribution in [0.2, 0.25) is 15.1 Å². The average Bonchev–Trinajstić information content (AvgIpc) is 3.11. The smallest absolute Gasteiger partial charge is 0.307 e. The third kappa shape index (κ3) is 5.07. The van der Waals surface area contributed by atoms with Crippen LogP contribution in [-0.4, -0.2) is 29.5 Å². The van der Waals surface area contributed by atoms with Crippen LogP contribution in [0.25, 0.3) is 11.0 Å². The zero-order valence-corrected chi connectivity index (χ0v) is 20.5. The molecule has 34 heavy (non-hydrogen) atoms. The Morgan fingerprint density at radius 3 is 2.47 bits per heavy atom. The molecule has 8 nitrogen and oxygen atoms in total. The number of carbonyl (C=O) groups is 1. The fraction of sp³-hybridized carbons (Fsp3) is 0.0909. The summed E-state index contributed by atoms with van der Waals surface area (Å²) in [5.74, 6) is -0.109. The molecule has 0 radical (unpaired) electrons. The lowest BCUT2D eigenvalue weighted by molar-refractivity contribution is -0.136. The molecule has 0 unspecified atom stereocenters. The first-order valence-electron chi connectivity index (χ1n) is 9.69. The SMILES string of the molecule is Cc1nc2c(NS(=O)(=O)c3ccc(Cl)cc3Cl)c(Oc3ccc(CC(=O)O)cc3Cl)ccc2[nH]1. The van der Waals surface area contributed by atoms with E-state index in [0.717, 1.165) is 0 Å². The minimum absolute atomic E-state index is 0.0510. The zero-order valence-electron chi connectivity index (χ0n) is 17.4. The number of benzene rings is 3. The number of nitrogens with zero attached hydrogens (tertiary/aromatic N) is 1. The number of aliphatic carboxylic acids is 1. The summed E-state index contributed by atoms with van der Waals surface area (Å²) in [4.78, 5) is 18.2. The minimum Gasteiger partial charge on any atom is -0.481 e. The number of hydrogen-bond donors (Lipinski definition) is 3. The van der Waals surface area contributed by atoms with Crippen LogP contribution < -0.4 is 9.46 Å². The van der Waals surface area contributed by atoms with E-state index >= 15 is 0 Å². The highest BCUT2D eigenvalue weighted by atomic mass is 35.5. The van der Waals surface area contributed by atoms with E-state index in [4.69, 9.17) is 44.6 Å². The molecule has 0 atom stereocenters. The first-order chi connectivity index (χ1) is 16.0. The second-order valence-corrected chi connectivity index (χ2v) is 10.2. The summed E-state index contributed by atoms with van der Waals surface area (Å²) in [6, 6.07) is 11.8. The molecule has 1 aromatic heterocycles. The number of ether oxygens (including phenoxy) is 1. The normalized spacial score (nSPS) is 11.5. The van der Waals surface area contributed by atoms with E-state index < -0.39 is 16.0 Å². The van der Waals surface area contributed by atoms with Gasteiger partial charge >= 0.3 is 5.97 Å². The molecule has 3 N–H and O–H groups in total. The summed E-state index contributed by atoms with van der Waals surface area (Å²) in [5.41, 5.74) is 1.45. The van der Waals surface area contributed by atoms with Crippen LogP contribution in [0.4, 0.5) is 5.69 Å². The van der Waals surface area contributed by atoms with Crippen molar-refractivity contribution in [3.05, 3.63) is 75.0 Å². The lowest BCUT2D eigenvalue weighted by Gasteiger charge is -2.16. The molecule has 1 heterocycles. The number of aromatic amines is 1. The van der Waals surface area contributed by atoms with Crippen LogP contribution in [0.15, 0.2) is 53.4 Å². The van der Waals surface area contributed by atoms with E-state index in [1.807, 2.05) is 0 Å². The van der Waals surface area contributed by atoms with Gasteiger partial charge in [0.2, 0.25) is 0 Å². The van der Waals surface area contributed by atoms with Crippen LogP contribution in [0.3, 0.4) is 0 Å².